The van der Waals surface area contributed by atoms with Gasteiger partial charge in [0.15, 0.2) is 11.5 Å². The summed E-state index contributed by atoms with van der Waals surface area (Å²) in [4.78, 5) is 23.6. The Morgan fingerprint density at radius 3 is 2.71 bits per heavy atom. The number of allylic oxidation sites excluding steroid dienone is 2. The van der Waals surface area contributed by atoms with Crippen LogP contribution in [0.2, 0.25) is 0 Å². The summed E-state index contributed by atoms with van der Waals surface area (Å²) in [6.07, 6.45) is 3.81. The van der Waals surface area contributed by atoms with Crippen LogP contribution in [0.3, 0.4) is 0 Å². The van der Waals surface area contributed by atoms with Crippen LogP contribution >= 0.6 is 0 Å². The van der Waals surface area contributed by atoms with Gasteiger partial charge in [-0.05, 0) is 18.4 Å². The van der Waals surface area contributed by atoms with Crippen molar-refractivity contribution >= 4 is 11.6 Å². The summed E-state index contributed by atoms with van der Waals surface area (Å²) < 4.78 is 0. The Labute approximate surface area is 99.8 Å². The Morgan fingerprint density at radius 2 is 2.00 bits per heavy atom. The minimum atomic E-state index is -0.463. The van der Waals surface area contributed by atoms with Crippen LogP contribution in [0.5, 0.6) is 0 Å². The van der Waals surface area contributed by atoms with Crippen LogP contribution < -0.4 is 0 Å². The number of aliphatic hydroxyl groups is 1. The van der Waals surface area contributed by atoms with E-state index >= 15 is 0 Å². The van der Waals surface area contributed by atoms with Crippen LogP contribution in [0, 0.1) is 0 Å². The second-order valence-electron chi connectivity index (χ2n) is 4.17. The largest absolute Gasteiger partial charge is 0.504 e. The van der Waals surface area contributed by atoms with Gasteiger partial charge >= 0.3 is 0 Å². The van der Waals surface area contributed by atoms with Gasteiger partial charge in [0.25, 0.3) is 0 Å². The zero-order chi connectivity index (χ0) is 12.4. The normalized spacial score (nSPS) is 14.5. The van der Waals surface area contributed by atoms with Crippen molar-refractivity contribution in [2.45, 2.75) is 26.2 Å². The van der Waals surface area contributed by atoms with Crippen molar-refractivity contribution in [1.29, 1.82) is 0 Å². The van der Waals surface area contributed by atoms with Crippen LogP contribution in [-0.4, -0.2) is 16.7 Å². The highest BCUT2D eigenvalue weighted by molar-refractivity contribution is 6.24. The zero-order valence-corrected chi connectivity index (χ0v) is 9.69. The van der Waals surface area contributed by atoms with E-state index in [9.17, 15) is 14.7 Å². The molecule has 0 aromatic heterocycles. The number of carbonyl (C=O) groups excluding carboxylic acids is 2. The van der Waals surface area contributed by atoms with Crippen LogP contribution in [0.25, 0.3) is 0 Å². The van der Waals surface area contributed by atoms with Crippen molar-refractivity contribution < 1.29 is 14.7 Å². The molecule has 0 bridgehead atoms. The maximum absolute atomic E-state index is 11.8. The standard InChI is InChI=1S/C14H14O3/c1-2-3-5-9-6-4-7-10-13(9)11(15)8-12(16)14(10)17/h4,6-8,16H,2-3,5H2,1H3. The molecule has 1 aliphatic carbocycles. The number of Topliss-reactive ketones (excluding diaryl/α,β-unsaturated/α-hetero) is 1. The predicted octanol–water partition coefficient (Wildman–Crippen LogP) is 2.85. The number of ketones is 2. The van der Waals surface area contributed by atoms with E-state index in [1.165, 1.54) is 0 Å². The summed E-state index contributed by atoms with van der Waals surface area (Å²) in [5.74, 6) is -1.20. The molecule has 0 amide bonds. The van der Waals surface area contributed by atoms with Crippen molar-refractivity contribution in [3.05, 3.63) is 46.7 Å². The molecular formula is C14H14O3. The van der Waals surface area contributed by atoms with Gasteiger partial charge in [0.1, 0.15) is 0 Å². The lowest BCUT2D eigenvalue weighted by Crippen LogP contribution is -2.18. The number of hydrogen-bond acceptors (Lipinski definition) is 3. The molecule has 0 heterocycles. The van der Waals surface area contributed by atoms with Crippen molar-refractivity contribution in [2.75, 3.05) is 0 Å². The van der Waals surface area contributed by atoms with Crippen LogP contribution in [-0.2, 0) is 6.42 Å². The van der Waals surface area contributed by atoms with Gasteiger partial charge in [0, 0.05) is 17.2 Å². The third kappa shape index (κ3) is 2.00. The van der Waals surface area contributed by atoms with E-state index in [4.69, 9.17) is 0 Å². The van der Waals surface area contributed by atoms with Crippen LogP contribution in [0.15, 0.2) is 30.0 Å². The Bertz CT molecular complexity index is 512. The zero-order valence-electron chi connectivity index (χ0n) is 9.69. The number of hydrogen-bond donors (Lipinski definition) is 1. The number of rotatable bonds is 3. The molecule has 1 aliphatic rings. The van der Waals surface area contributed by atoms with E-state index in [0.717, 1.165) is 30.9 Å². The Hall–Kier alpha value is -1.90. The average Bonchev–Trinajstić information content (AvgIpc) is 2.33. The molecule has 0 aliphatic heterocycles. The van der Waals surface area contributed by atoms with Gasteiger partial charge in [0.05, 0.1) is 0 Å². The first-order chi connectivity index (χ1) is 8.15. The predicted molar refractivity (Wildman–Crippen MR) is 64.4 cm³/mol. The number of fused-ring (bicyclic) bond motifs is 1. The molecule has 2 rings (SSSR count). The van der Waals surface area contributed by atoms with Crippen LogP contribution in [0.1, 0.15) is 46.0 Å². The summed E-state index contributed by atoms with van der Waals surface area (Å²) in [7, 11) is 0. The van der Waals surface area contributed by atoms with E-state index in [1.807, 2.05) is 6.07 Å². The van der Waals surface area contributed by atoms with Crippen molar-refractivity contribution in [1.82, 2.24) is 0 Å². The lowest BCUT2D eigenvalue weighted by molar-refractivity contribution is 0.0939. The van der Waals surface area contributed by atoms with Crippen LogP contribution in [0.4, 0.5) is 0 Å². The summed E-state index contributed by atoms with van der Waals surface area (Å²) in [6.45, 7) is 2.08. The lowest BCUT2D eigenvalue weighted by Gasteiger charge is -2.15. The minimum absolute atomic E-state index is 0.274. The quantitative estimate of drug-likeness (QED) is 0.868. The molecule has 0 atom stereocenters. The smallest absolute Gasteiger partial charge is 0.228 e. The molecule has 0 unspecified atom stereocenters. The Balaban J connectivity index is 2.50. The second kappa shape index (κ2) is 4.53. The van der Waals surface area contributed by atoms with Gasteiger partial charge in [-0.15, -0.1) is 0 Å². The molecule has 0 fully saturated rings. The molecule has 0 radical (unpaired) electrons. The molecular weight excluding hydrogens is 216 g/mol. The molecule has 88 valence electrons. The maximum Gasteiger partial charge on any atom is 0.228 e. The molecule has 3 heteroatoms. The third-order valence-corrected chi connectivity index (χ3v) is 2.94. The van der Waals surface area contributed by atoms with E-state index in [2.05, 4.69) is 6.92 Å². The van der Waals surface area contributed by atoms with Crippen molar-refractivity contribution in [2.24, 2.45) is 0 Å². The molecule has 3 nitrogen and oxygen atoms in total. The minimum Gasteiger partial charge on any atom is -0.504 e. The Kier molecular flexibility index (Phi) is 3.09. The number of unbranched alkanes of at least 4 members (excludes halogenated alkanes) is 1. The van der Waals surface area contributed by atoms with Crippen molar-refractivity contribution in [3.8, 4) is 0 Å². The molecule has 1 N–H and O–H groups in total. The van der Waals surface area contributed by atoms with Gasteiger partial charge in [-0.3, -0.25) is 9.59 Å². The maximum atomic E-state index is 11.8. The highest BCUT2D eigenvalue weighted by atomic mass is 16.3. The first kappa shape index (κ1) is 11.6. The van der Waals surface area contributed by atoms with E-state index in [1.54, 1.807) is 12.1 Å². The SMILES string of the molecule is CCCCc1cccc2c1C(=O)C=C(O)C2=O. The van der Waals surface area contributed by atoms with E-state index in [-0.39, 0.29) is 5.78 Å². The Morgan fingerprint density at radius 1 is 1.24 bits per heavy atom. The summed E-state index contributed by atoms with van der Waals surface area (Å²) in [5.41, 5.74) is 1.68. The molecule has 1 aromatic carbocycles. The number of carbonyl (C=O) groups is 2. The highest BCUT2D eigenvalue weighted by Crippen LogP contribution is 2.24. The summed E-state index contributed by atoms with van der Waals surface area (Å²) in [6, 6.07) is 5.22. The lowest BCUT2D eigenvalue weighted by atomic mass is 9.88. The van der Waals surface area contributed by atoms with Gasteiger partial charge in [-0.2, -0.15) is 0 Å². The molecule has 17 heavy (non-hydrogen) atoms. The summed E-state index contributed by atoms with van der Waals surface area (Å²) >= 11 is 0. The van der Waals surface area contributed by atoms with Gasteiger partial charge in [0.2, 0.25) is 5.78 Å². The van der Waals surface area contributed by atoms with Crippen molar-refractivity contribution in [3.63, 3.8) is 0 Å². The fourth-order valence-electron chi connectivity index (χ4n) is 2.06. The highest BCUT2D eigenvalue weighted by Gasteiger charge is 2.26. The average molecular weight is 230 g/mol. The number of aryl methyl sites for hydroxylation is 1. The molecule has 0 saturated heterocycles. The monoisotopic (exact) mass is 230 g/mol. The van der Waals surface area contributed by atoms with Gasteiger partial charge < -0.3 is 5.11 Å². The fourth-order valence-corrected chi connectivity index (χ4v) is 2.06. The van der Waals surface area contributed by atoms with Gasteiger partial charge in [-0.25, -0.2) is 0 Å². The number of aliphatic hydroxyl groups excluding tert-OH is 1. The molecule has 0 saturated carbocycles. The first-order valence-electron chi connectivity index (χ1n) is 5.76. The first-order valence-corrected chi connectivity index (χ1v) is 5.76. The van der Waals surface area contributed by atoms with E-state index < -0.39 is 11.5 Å². The topological polar surface area (TPSA) is 54.4 Å². The van der Waals surface area contributed by atoms with Gasteiger partial charge in [-0.1, -0.05) is 31.5 Å². The number of benzene rings is 1. The third-order valence-electron chi connectivity index (χ3n) is 2.94. The molecule has 1 aromatic rings. The van der Waals surface area contributed by atoms with E-state index in [0.29, 0.717) is 11.1 Å². The summed E-state index contributed by atoms with van der Waals surface area (Å²) in [5, 5.41) is 9.35. The second-order valence-corrected chi connectivity index (χ2v) is 4.17. The molecule has 0 spiro atoms. The fraction of sp³-hybridized carbons (Fsp3) is 0.286.